The molecule has 0 spiro atoms. The molecule has 12 nitrogen and oxygen atoms in total. The minimum absolute atomic E-state index is 0.551. The van der Waals surface area contributed by atoms with E-state index in [0.717, 1.165) is 22.9 Å². The highest BCUT2D eigenvalue weighted by molar-refractivity contribution is 5.56. The highest BCUT2D eigenvalue weighted by Gasteiger charge is 2.12. The van der Waals surface area contributed by atoms with Gasteiger partial charge in [-0.2, -0.15) is 0 Å². The van der Waals surface area contributed by atoms with Gasteiger partial charge in [-0.05, 0) is 6.92 Å². The van der Waals surface area contributed by atoms with E-state index in [1.165, 1.54) is 0 Å². The monoisotopic (exact) mass is 412 g/mol. The number of likely N-dealkylation sites (N-methyl/N-ethyl adjacent to an activating group) is 1. The van der Waals surface area contributed by atoms with Crippen molar-refractivity contribution in [2.45, 2.75) is 13.3 Å². The molecular weight excluding hydrogens is 388 g/mol. The lowest BCUT2D eigenvalue weighted by Gasteiger charge is -2.13. The molecule has 0 fully saturated rings. The zero-order valence-corrected chi connectivity index (χ0v) is 17.2. The van der Waals surface area contributed by atoms with Crippen molar-refractivity contribution in [3.63, 3.8) is 0 Å². The second kappa shape index (κ2) is 8.19. The van der Waals surface area contributed by atoms with Gasteiger partial charge in [0.2, 0.25) is 23.8 Å². The number of anilines is 6. The average molecular weight is 412 g/mol. The van der Waals surface area contributed by atoms with Gasteiger partial charge in [-0.1, -0.05) is 0 Å². The Morgan fingerprint density at radius 3 is 2.40 bits per heavy atom. The molecule has 0 bridgehead atoms. The summed E-state index contributed by atoms with van der Waals surface area (Å²) in [7, 11) is 5.72. The molecule has 0 aliphatic heterocycles. The molecule has 158 valence electrons. The number of aryl methyl sites for hydroxylation is 1. The first-order chi connectivity index (χ1) is 14.5. The lowest BCUT2D eigenvalue weighted by molar-refractivity contribution is 0.509. The molecule has 0 aliphatic rings. The Morgan fingerprint density at radius 1 is 0.967 bits per heavy atom. The average Bonchev–Trinajstić information content (AvgIpc) is 3.50. The molecule has 30 heavy (non-hydrogen) atoms. The van der Waals surface area contributed by atoms with Gasteiger partial charge in [0.05, 0.1) is 17.6 Å². The van der Waals surface area contributed by atoms with Gasteiger partial charge in [-0.3, -0.25) is 9.97 Å². The van der Waals surface area contributed by atoms with Crippen LogP contribution in [0.5, 0.6) is 0 Å². The van der Waals surface area contributed by atoms with E-state index in [4.69, 9.17) is 8.83 Å². The van der Waals surface area contributed by atoms with Crippen molar-refractivity contribution in [2.75, 3.05) is 48.1 Å². The Bertz CT molecular complexity index is 1090. The Morgan fingerprint density at radius 2 is 1.70 bits per heavy atom. The van der Waals surface area contributed by atoms with E-state index in [-0.39, 0.29) is 0 Å². The highest BCUT2D eigenvalue weighted by atomic mass is 16.3. The van der Waals surface area contributed by atoms with Crippen LogP contribution in [0.25, 0.3) is 0 Å². The van der Waals surface area contributed by atoms with E-state index in [2.05, 4.69) is 41.0 Å². The van der Waals surface area contributed by atoms with E-state index in [1.807, 2.05) is 50.0 Å². The smallest absolute Gasteiger partial charge is 0.227 e. The lowest BCUT2D eigenvalue weighted by atomic mass is 10.3. The van der Waals surface area contributed by atoms with Crippen molar-refractivity contribution in [3.8, 4) is 0 Å². The first-order valence-electron chi connectivity index (χ1n) is 9.37. The van der Waals surface area contributed by atoms with Crippen molar-refractivity contribution >= 4 is 35.2 Å². The Kier molecular flexibility index (Phi) is 5.28. The van der Waals surface area contributed by atoms with Crippen LogP contribution in [-0.4, -0.2) is 58.1 Å². The van der Waals surface area contributed by atoms with Gasteiger partial charge in [0.15, 0.2) is 0 Å². The Balaban J connectivity index is 1.30. The number of aromatic amines is 2. The summed E-state index contributed by atoms with van der Waals surface area (Å²) < 4.78 is 10.9. The van der Waals surface area contributed by atoms with E-state index in [9.17, 15) is 0 Å². The highest BCUT2D eigenvalue weighted by Crippen LogP contribution is 2.21. The summed E-state index contributed by atoms with van der Waals surface area (Å²) in [5.41, 5.74) is 1.65. The van der Waals surface area contributed by atoms with Crippen LogP contribution in [0.1, 0.15) is 11.5 Å². The Labute approximate surface area is 172 Å². The quantitative estimate of drug-likeness (QED) is 0.324. The molecule has 0 saturated heterocycles. The zero-order valence-electron chi connectivity index (χ0n) is 17.2. The van der Waals surface area contributed by atoms with Crippen LogP contribution in [-0.2, 0) is 6.42 Å². The van der Waals surface area contributed by atoms with Crippen LogP contribution in [0, 0.1) is 6.92 Å². The Hall–Kier alpha value is -3.96. The SMILES string of the molecule is Cc1occc1Nc1nnc(N(C)CCc2cc(Nc3nnc(N(C)C)[nH]3)co2)[nH]1. The molecule has 4 aromatic rings. The molecule has 0 aromatic carbocycles. The van der Waals surface area contributed by atoms with Gasteiger partial charge in [0, 0.05) is 46.2 Å². The van der Waals surface area contributed by atoms with Crippen LogP contribution < -0.4 is 20.4 Å². The van der Waals surface area contributed by atoms with Crippen molar-refractivity contribution in [1.29, 1.82) is 0 Å². The number of hydrogen-bond donors (Lipinski definition) is 4. The van der Waals surface area contributed by atoms with Gasteiger partial charge < -0.3 is 29.3 Å². The van der Waals surface area contributed by atoms with E-state index < -0.39 is 0 Å². The van der Waals surface area contributed by atoms with Crippen LogP contribution in [0.15, 0.2) is 33.5 Å². The summed E-state index contributed by atoms with van der Waals surface area (Å²) in [6, 6.07) is 3.77. The molecule has 0 amide bonds. The minimum Gasteiger partial charge on any atom is -0.467 e. The molecule has 12 heteroatoms. The van der Waals surface area contributed by atoms with Crippen LogP contribution in [0.3, 0.4) is 0 Å². The van der Waals surface area contributed by atoms with E-state index >= 15 is 0 Å². The third-order valence-corrected chi connectivity index (χ3v) is 4.46. The first kappa shape index (κ1) is 19.4. The maximum absolute atomic E-state index is 5.64. The van der Waals surface area contributed by atoms with Gasteiger partial charge in [0.25, 0.3) is 0 Å². The molecule has 4 N–H and O–H groups in total. The summed E-state index contributed by atoms with van der Waals surface area (Å²) >= 11 is 0. The maximum Gasteiger partial charge on any atom is 0.227 e. The molecule has 0 radical (unpaired) electrons. The summed E-state index contributed by atoms with van der Waals surface area (Å²) in [4.78, 5) is 10.0. The molecule has 0 unspecified atom stereocenters. The van der Waals surface area contributed by atoms with Crippen molar-refractivity contribution < 1.29 is 8.83 Å². The number of H-pyrrole nitrogens is 2. The lowest BCUT2D eigenvalue weighted by Crippen LogP contribution is -2.21. The van der Waals surface area contributed by atoms with Crippen molar-refractivity contribution in [3.05, 3.63) is 36.2 Å². The van der Waals surface area contributed by atoms with Crippen LogP contribution in [0.4, 0.5) is 35.2 Å². The van der Waals surface area contributed by atoms with Crippen LogP contribution in [0.2, 0.25) is 0 Å². The molecular formula is C18H24N10O2. The number of nitrogens with one attached hydrogen (secondary N) is 4. The number of aromatic nitrogens is 6. The fourth-order valence-electron chi connectivity index (χ4n) is 2.73. The third kappa shape index (κ3) is 4.37. The number of nitrogens with zero attached hydrogens (tertiary/aromatic N) is 6. The topological polar surface area (TPSA) is 140 Å². The van der Waals surface area contributed by atoms with E-state index in [0.29, 0.717) is 36.8 Å². The minimum atomic E-state index is 0.551. The predicted octanol–water partition coefficient (Wildman–Crippen LogP) is 2.65. The molecule has 4 heterocycles. The fraction of sp³-hybridized carbons (Fsp3) is 0.333. The number of rotatable bonds is 9. The summed E-state index contributed by atoms with van der Waals surface area (Å²) in [6.07, 6.45) is 3.97. The third-order valence-electron chi connectivity index (χ3n) is 4.46. The first-order valence-corrected chi connectivity index (χ1v) is 9.37. The molecule has 4 aromatic heterocycles. The molecule has 0 saturated carbocycles. The molecule has 0 atom stereocenters. The van der Waals surface area contributed by atoms with E-state index in [1.54, 1.807) is 12.5 Å². The largest absolute Gasteiger partial charge is 0.467 e. The van der Waals surface area contributed by atoms with Gasteiger partial charge in [-0.15, -0.1) is 20.4 Å². The van der Waals surface area contributed by atoms with Crippen molar-refractivity contribution in [1.82, 2.24) is 30.4 Å². The zero-order chi connectivity index (χ0) is 21.1. The molecule has 4 rings (SSSR count). The van der Waals surface area contributed by atoms with Crippen molar-refractivity contribution in [2.24, 2.45) is 0 Å². The van der Waals surface area contributed by atoms with Gasteiger partial charge in [0.1, 0.15) is 17.8 Å². The van der Waals surface area contributed by atoms with Crippen LogP contribution >= 0.6 is 0 Å². The predicted molar refractivity (Wildman–Crippen MR) is 113 cm³/mol. The number of furan rings is 2. The fourth-order valence-corrected chi connectivity index (χ4v) is 2.73. The second-order valence-corrected chi connectivity index (χ2v) is 7.00. The second-order valence-electron chi connectivity index (χ2n) is 7.00. The summed E-state index contributed by atoms with van der Waals surface area (Å²) in [5.74, 6) is 4.05. The van der Waals surface area contributed by atoms with Gasteiger partial charge in [-0.25, -0.2) is 0 Å². The number of hydrogen-bond acceptors (Lipinski definition) is 10. The van der Waals surface area contributed by atoms with Gasteiger partial charge >= 0.3 is 0 Å². The maximum atomic E-state index is 5.64. The molecule has 0 aliphatic carbocycles. The normalized spacial score (nSPS) is 10.9. The summed E-state index contributed by atoms with van der Waals surface area (Å²) in [6.45, 7) is 2.57. The standard InChI is InChI=1S/C18H24N10O2/c1-11-14(6-8-29-11)20-16-22-18(26-24-16)28(4)7-5-13-9-12(10-30-13)19-15-21-17(25-23-15)27(2)3/h6,8-10H,5,7H2,1-4H3,(H2,19,21,23,25)(H2,20,22,24,26). The summed E-state index contributed by atoms with van der Waals surface area (Å²) in [5, 5.41) is 22.7.